The van der Waals surface area contributed by atoms with E-state index in [0.29, 0.717) is 32.5 Å². The lowest BCUT2D eigenvalue weighted by atomic mass is 9.97. The van der Waals surface area contributed by atoms with Crippen molar-refractivity contribution in [2.75, 3.05) is 19.6 Å². The first kappa shape index (κ1) is 16.0. The molecule has 0 aliphatic carbocycles. The van der Waals surface area contributed by atoms with Crippen molar-refractivity contribution in [3.8, 4) is 0 Å². The molecule has 0 radical (unpaired) electrons. The molecule has 1 aromatic heterocycles. The van der Waals surface area contributed by atoms with Crippen LogP contribution in [0.3, 0.4) is 0 Å². The van der Waals surface area contributed by atoms with Gasteiger partial charge in [0.15, 0.2) is 0 Å². The molecule has 0 spiro atoms. The summed E-state index contributed by atoms with van der Waals surface area (Å²) in [4.78, 5) is 26.0. The fraction of sp³-hybridized carbons (Fsp3) is 0.600. The second kappa shape index (κ2) is 7.56. The molecule has 1 amide bonds. The molecule has 0 atom stereocenters. The summed E-state index contributed by atoms with van der Waals surface area (Å²) in [5.41, 5.74) is 1.34. The van der Waals surface area contributed by atoms with Gasteiger partial charge in [-0.1, -0.05) is 6.92 Å². The number of amides is 1. The number of hydrogen-bond donors (Lipinski definition) is 2. The molecule has 1 saturated heterocycles. The van der Waals surface area contributed by atoms with E-state index in [1.54, 1.807) is 16.2 Å². The average Bonchev–Trinajstić information content (AvgIpc) is 2.94. The Labute approximate surface area is 129 Å². The normalized spacial score (nSPS) is 16.1. The lowest BCUT2D eigenvalue weighted by molar-refractivity contribution is -0.145. The summed E-state index contributed by atoms with van der Waals surface area (Å²) in [6.45, 7) is 4.27. The minimum absolute atomic E-state index is 0.0634. The quantitative estimate of drug-likeness (QED) is 0.839. The van der Waals surface area contributed by atoms with Gasteiger partial charge in [-0.3, -0.25) is 9.59 Å². The van der Waals surface area contributed by atoms with Gasteiger partial charge < -0.3 is 15.3 Å². The van der Waals surface area contributed by atoms with Crippen molar-refractivity contribution in [2.45, 2.75) is 32.7 Å². The van der Waals surface area contributed by atoms with E-state index in [-0.39, 0.29) is 11.8 Å². The van der Waals surface area contributed by atoms with Gasteiger partial charge in [-0.05, 0) is 36.3 Å². The molecule has 1 aliphatic rings. The predicted octanol–water partition coefficient (Wildman–Crippen LogP) is 1.72. The van der Waals surface area contributed by atoms with Gasteiger partial charge in [0.05, 0.1) is 12.5 Å². The number of nitrogens with zero attached hydrogens (tertiary/aromatic N) is 1. The minimum Gasteiger partial charge on any atom is -0.481 e. The number of hydrogen-bond acceptors (Lipinski definition) is 4. The first-order valence-electron chi connectivity index (χ1n) is 7.38. The third-order valence-electron chi connectivity index (χ3n) is 3.98. The Morgan fingerprint density at radius 3 is 2.76 bits per heavy atom. The molecule has 2 heterocycles. The Balaban J connectivity index is 1.72. The van der Waals surface area contributed by atoms with Gasteiger partial charge in [-0.25, -0.2) is 0 Å². The maximum Gasteiger partial charge on any atom is 0.306 e. The zero-order chi connectivity index (χ0) is 15.2. The number of carbonyl (C=O) groups is 2. The maximum absolute atomic E-state index is 12.1. The van der Waals surface area contributed by atoms with E-state index < -0.39 is 5.97 Å². The van der Waals surface area contributed by atoms with Crippen molar-refractivity contribution in [3.63, 3.8) is 0 Å². The standard InChI is InChI=1S/C15H22N2O3S/c1-2-11-5-8-21-13(11)9-16-10-14(18)17-6-3-12(4-7-17)15(19)20/h5,8,12,16H,2-4,6-7,9-10H2,1H3,(H,19,20). The summed E-state index contributed by atoms with van der Waals surface area (Å²) in [6.07, 6.45) is 2.13. The zero-order valence-electron chi connectivity index (χ0n) is 12.3. The van der Waals surface area contributed by atoms with Crippen LogP contribution < -0.4 is 5.32 Å². The van der Waals surface area contributed by atoms with Gasteiger partial charge in [-0.15, -0.1) is 11.3 Å². The van der Waals surface area contributed by atoms with Crippen LogP contribution in [0.5, 0.6) is 0 Å². The smallest absolute Gasteiger partial charge is 0.306 e. The van der Waals surface area contributed by atoms with E-state index in [9.17, 15) is 9.59 Å². The molecule has 116 valence electrons. The number of carboxylic acids is 1. The van der Waals surface area contributed by atoms with E-state index in [1.807, 2.05) is 0 Å². The topological polar surface area (TPSA) is 69.6 Å². The number of carbonyl (C=O) groups excluding carboxylic acids is 1. The Bertz CT molecular complexity index is 493. The minimum atomic E-state index is -0.745. The molecule has 0 aromatic carbocycles. The molecular formula is C15H22N2O3S. The van der Waals surface area contributed by atoms with E-state index in [2.05, 4.69) is 23.7 Å². The van der Waals surface area contributed by atoms with Crippen LogP contribution in [0.25, 0.3) is 0 Å². The van der Waals surface area contributed by atoms with E-state index >= 15 is 0 Å². The van der Waals surface area contributed by atoms with E-state index in [0.717, 1.165) is 13.0 Å². The second-order valence-corrected chi connectivity index (χ2v) is 6.32. The number of piperidine rings is 1. The molecule has 1 aliphatic heterocycles. The first-order valence-corrected chi connectivity index (χ1v) is 8.26. The van der Waals surface area contributed by atoms with Crippen LogP contribution in [0.4, 0.5) is 0 Å². The van der Waals surface area contributed by atoms with Crippen LogP contribution in [0.2, 0.25) is 0 Å². The molecule has 0 bridgehead atoms. The fourth-order valence-corrected chi connectivity index (χ4v) is 3.55. The van der Waals surface area contributed by atoms with Gasteiger partial charge >= 0.3 is 5.97 Å². The van der Waals surface area contributed by atoms with Gasteiger partial charge in [0.1, 0.15) is 0 Å². The SMILES string of the molecule is CCc1ccsc1CNCC(=O)N1CCC(C(=O)O)CC1. The molecule has 5 nitrogen and oxygen atoms in total. The summed E-state index contributed by atoms with van der Waals surface area (Å²) < 4.78 is 0. The van der Waals surface area contributed by atoms with Crippen molar-refractivity contribution >= 4 is 23.2 Å². The highest BCUT2D eigenvalue weighted by atomic mass is 32.1. The molecule has 2 N–H and O–H groups in total. The second-order valence-electron chi connectivity index (χ2n) is 5.32. The molecule has 0 saturated carbocycles. The van der Waals surface area contributed by atoms with Crippen molar-refractivity contribution in [1.82, 2.24) is 10.2 Å². The Morgan fingerprint density at radius 1 is 1.43 bits per heavy atom. The highest BCUT2D eigenvalue weighted by molar-refractivity contribution is 7.10. The van der Waals surface area contributed by atoms with Gasteiger partial charge in [0, 0.05) is 24.5 Å². The molecule has 2 rings (SSSR count). The molecule has 0 unspecified atom stereocenters. The molecule has 1 fully saturated rings. The monoisotopic (exact) mass is 310 g/mol. The third kappa shape index (κ3) is 4.28. The zero-order valence-corrected chi connectivity index (χ0v) is 13.1. The highest BCUT2D eigenvalue weighted by Gasteiger charge is 2.26. The Hall–Kier alpha value is -1.40. The van der Waals surface area contributed by atoms with Crippen LogP contribution in [0.15, 0.2) is 11.4 Å². The van der Waals surface area contributed by atoms with Crippen molar-refractivity contribution < 1.29 is 14.7 Å². The lowest BCUT2D eigenvalue weighted by Gasteiger charge is -2.30. The number of rotatable bonds is 6. The van der Waals surface area contributed by atoms with Crippen molar-refractivity contribution in [2.24, 2.45) is 5.92 Å². The average molecular weight is 310 g/mol. The number of thiophene rings is 1. The van der Waals surface area contributed by atoms with Gasteiger partial charge in [0.25, 0.3) is 0 Å². The third-order valence-corrected chi connectivity index (χ3v) is 4.94. The maximum atomic E-state index is 12.1. The van der Waals surface area contributed by atoms with E-state index in [1.165, 1.54) is 10.4 Å². The number of aryl methyl sites for hydroxylation is 1. The van der Waals surface area contributed by atoms with Crippen molar-refractivity contribution in [3.05, 3.63) is 21.9 Å². The van der Waals surface area contributed by atoms with Gasteiger partial charge in [-0.2, -0.15) is 0 Å². The van der Waals surface area contributed by atoms with Crippen LogP contribution in [-0.2, 0) is 22.6 Å². The van der Waals surface area contributed by atoms with E-state index in [4.69, 9.17) is 5.11 Å². The van der Waals surface area contributed by atoms with Crippen LogP contribution in [0, 0.1) is 5.92 Å². The number of carboxylic acid groups (broad SMARTS) is 1. The van der Waals surface area contributed by atoms with Crippen LogP contribution >= 0.6 is 11.3 Å². The Morgan fingerprint density at radius 2 is 2.14 bits per heavy atom. The highest BCUT2D eigenvalue weighted by Crippen LogP contribution is 2.18. The van der Waals surface area contributed by atoms with Crippen LogP contribution in [-0.4, -0.2) is 41.5 Å². The molecule has 21 heavy (non-hydrogen) atoms. The Kier molecular flexibility index (Phi) is 5.76. The molecule has 1 aromatic rings. The number of aliphatic carboxylic acids is 1. The predicted molar refractivity (Wildman–Crippen MR) is 82.3 cm³/mol. The summed E-state index contributed by atoms with van der Waals surface area (Å²) >= 11 is 1.71. The number of nitrogens with one attached hydrogen (secondary N) is 1. The van der Waals surface area contributed by atoms with Gasteiger partial charge in [0.2, 0.25) is 5.91 Å². The molecule has 6 heteroatoms. The largest absolute Gasteiger partial charge is 0.481 e. The number of likely N-dealkylation sites (tertiary alicyclic amines) is 1. The first-order chi connectivity index (χ1) is 10.1. The van der Waals surface area contributed by atoms with Crippen LogP contribution in [0.1, 0.15) is 30.2 Å². The summed E-state index contributed by atoms with van der Waals surface area (Å²) in [7, 11) is 0. The van der Waals surface area contributed by atoms with Crippen molar-refractivity contribution in [1.29, 1.82) is 0 Å². The lowest BCUT2D eigenvalue weighted by Crippen LogP contribution is -2.43. The summed E-state index contributed by atoms with van der Waals surface area (Å²) in [5, 5.41) is 14.2. The summed E-state index contributed by atoms with van der Waals surface area (Å²) in [6, 6.07) is 2.13. The molecular weight excluding hydrogens is 288 g/mol. The fourth-order valence-electron chi connectivity index (χ4n) is 2.61. The summed E-state index contributed by atoms with van der Waals surface area (Å²) in [5.74, 6) is -0.973.